The van der Waals surface area contributed by atoms with Gasteiger partial charge in [0.25, 0.3) is 25.9 Å². The van der Waals surface area contributed by atoms with E-state index in [1.165, 1.54) is 6.07 Å². The summed E-state index contributed by atoms with van der Waals surface area (Å²) in [6.07, 6.45) is 0. The quantitative estimate of drug-likeness (QED) is 0.148. The summed E-state index contributed by atoms with van der Waals surface area (Å²) in [5.41, 5.74) is 1.51. The number of imidazole rings is 2. The Labute approximate surface area is 202 Å². The van der Waals surface area contributed by atoms with E-state index in [0.717, 1.165) is 12.1 Å². The zero-order chi connectivity index (χ0) is 26.0. The van der Waals surface area contributed by atoms with Crippen molar-refractivity contribution in [2.24, 2.45) is 0 Å². The van der Waals surface area contributed by atoms with Crippen molar-refractivity contribution in [2.45, 2.75) is 16.7 Å². The lowest BCUT2D eigenvalue weighted by molar-refractivity contribution is -0.384. The summed E-state index contributed by atoms with van der Waals surface area (Å²) >= 11 is 0. The molecule has 5 rings (SSSR count). The highest BCUT2D eigenvalue weighted by Gasteiger charge is 2.23. The number of H-pyrrole nitrogens is 2. The van der Waals surface area contributed by atoms with Crippen molar-refractivity contribution < 1.29 is 30.9 Å². The predicted molar refractivity (Wildman–Crippen MR) is 128 cm³/mol. The molecular formula is C21H15N5O8S2. The highest BCUT2D eigenvalue weighted by molar-refractivity contribution is 7.86. The molecular weight excluding hydrogens is 514 g/mol. The summed E-state index contributed by atoms with van der Waals surface area (Å²) in [6.45, 7) is 1.68. The fraction of sp³-hybridized carbons (Fsp3) is 0.0476. The number of rotatable bonds is 5. The molecule has 2 aromatic heterocycles. The molecule has 0 spiro atoms. The molecule has 36 heavy (non-hydrogen) atoms. The minimum absolute atomic E-state index is 0.0429. The van der Waals surface area contributed by atoms with E-state index in [1.807, 2.05) is 0 Å². The second-order valence-electron chi connectivity index (χ2n) is 7.95. The molecule has 0 radical (unpaired) electrons. The average molecular weight is 530 g/mol. The van der Waals surface area contributed by atoms with Crippen LogP contribution in [0.4, 0.5) is 5.69 Å². The van der Waals surface area contributed by atoms with Crippen LogP contribution in [0.3, 0.4) is 0 Å². The van der Waals surface area contributed by atoms with Crippen LogP contribution in [0.2, 0.25) is 0 Å². The standard InChI is InChI=1S/C21H15N5O8S2/c1-10-6-14-18(16(7-10)35(29,30)31)24-20(22-14)11-2-4-12(5-3-11)21-23-15-8-13(26(27)28)9-17(19(15)25-21)36(32,33)34/h2-9H,1H3,(H,22,24)(H,23,25)(H,29,30,31)(H,32,33,34). The molecule has 0 bridgehead atoms. The molecule has 4 N–H and O–H groups in total. The largest absolute Gasteiger partial charge is 0.338 e. The molecule has 0 fully saturated rings. The van der Waals surface area contributed by atoms with Gasteiger partial charge in [0.1, 0.15) is 32.5 Å². The fourth-order valence-electron chi connectivity index (χ4n) is 3.85. The van der Waals surface area contributed by atoms with Gasteiger partial charge in [-0.25, -0.2) is 9.97 Å². The van der Waals surface area contributed by atoms with Crippen LogP contribution in [0.15, 0.2) is 58.3 Å². The Morgan fingerprint density at radius 3 is 1.67 bits per heavy atom. The number of nitro benzene ring substituents is 1. The predicted octanol–water partition coefficient (Wildman–Crippen LogP) is 3.48. The number of nitrogens with zero attached hydrogens (tertiary/aromatic N) is 3. The van der Waals surface area contributed by atoms with Gasteiger partial charge in [0.2, 0.25) is 0 Å². The van der Waals surface area contributed by atoms with Crippen molar-refractivity contribution in [3.8, 4) is 22.8 Å². The maximum Gasteiger partial charge on any atom is 0.297 e. The van der Waals surface area contributed by atoms with Gasteiger partial charge in [-0.3, -0.25) is 19.2 Å². The van der Waals surface area contributed by atoms with Crippen LogP contribution in [0.25, 0.3) is 44.8 Å². The van der Waals surface area contributed by atoms with Crippen LogP contribution in [0, 0.1) is 17.0 Å². The molecule has 0 aliphatic heterocycles. The second-order valence-corrected chi connectivity index (χ2v) is 10.7. The Balaban J connectivity index is 1.58. The van der Waals surface area contributed by atoms with Crippen LogP contribution in [-0.4, -0.2) is 50.8 Å². The summed E-state index contributed by atoms with van der Waals surface area (Å²) in [6, 6.07) is 11.4. The molecule has 15 heteroatoms. The van der Waals surface area contributed by atoms with Gasteiger partial charge in [0.15, 0.2) is 0 Å². The lowest BCUT2D eigenvalue weighted by atomic mass is 10.1. The average Bonchev–Trinajstić information content (AvgIpc) is 3.40. The smallest absolute Gasteiger partial charge is 0.297 e. The topological polar surface area (TPSA) is 209 Å². The first kappa shape index (κ1) is 23.6. The number of hydrogen-bond acceptors (Lipinski definition) is 8. The van der Waals surface area contributed by atoms with Crippen molar-refractivity contribution in [1.82, 2.24) is 19.9 Å². The number of fused-ring (bicyclic) bond motifs is 2. The van der Waals surface area contributed by atoms with E-state index in [-0.39, 0.29) is 27.3 Å². The second kappa shape index (κ2) is 7.92. The maximum absolute atomic E-state index is 11.8. The van der Waals surface area contributed by atoms with Gasteiger partial charge >= 0.3 is 0 Å². The molecule has 5 aromatic rings. The first-order chi connectivity index (χ1) is 16.8. The van der Waals surface area contributed by atoms with Gasteiger partial charge in [-0.05, 0) is 24.6 Å². The van der Waals surface area contributed by atoms with E-state index in [4.69, 9.17) is 0 Å². The summed E-state index contributed by atoms with van der Waals surface area (Å²) in [4.78, 5) is 23.7. The van der Waals surface area contributed by atoms with E-state index in [0.29, 0.717) is 28.0 Å². The number of aromatic amines is 2. The molecule has 13 nitrogen and oxygen atoms in total. The van der Waals surface area contributed by atoms with Crippen molar-refractivity contribution >= 4 is 48.0 Å². The van der Waals surface area contributed by atoms with Gasteiger partial charge in [0, 0.05) is 23.3 Å². The summed E-state index contributed by atoms with van der Waals surface area (Å²) in [5.74, 6) is 0.525. The third-order valence-electron chi connectivity index (χ3n) is 5.43. The van der Waals surface area contributed by atoms with Gasteiger partial charge < -0.3 is 9.97 Å². The highest BCUT2D eigenvalue weighted by atomic mass is 32.2. The lowest BCUT2D eigenvalue weighted by Crippen LogP contribution is -2.01. The number of benzene rings is 3. The summed E-state index contributed by atoms with van der Waals surface area (Å²) in [5, 5.41) is 11.2. The Morgan fingerprint density at radius 1 is 0.778 bits per heavy atom. The number of aryl methyl sites for hydroxylation is 1. The lowest BCUT2D eigenvalue weighted by Gasteiger charge is -2.00. The van der Waals surface area contributed by atoms with Crippen molar-refractivity contribution in [1.29, 1.82) is 0 Å². The molecule has 0 amide bonds. The van der Waals surface area contributed by atoms with E-state index in [9.17, 15) is 36.1 Å². The van der Waals surface area contributed by atoms with Crippen LogP contribution >= 0.6 is 0 Å². The number of nitrogens with one attached hydrogen (secondary N) is 2. The first-order valence-corrected chi connectivity index (χ1v) is 12.9. The third-order valence-corrected chi connectivity index (χ3v) is 7.16. The van der Waals surface area contributed by atoms with Crippen molar-refractivity contribution in [3.63, 3.8) is 0 Å². The monoisotopic (exact) mass is 529 g/mol. The highest BCUT2D eigenvalue weighted by Crippen LogP contribution is 2.31. The van der Waals surface area contributed by atoms with Gasteiger partial charge in [-0.15, -0.1) is 0 Å². The first-order valence-electron chi connectivity index (χ1n) is 10.1. The molecule has 3 aromatic carbocycles. The SMILES string of the molecule is Cc1cc(S(=O)(=O)O)c2nc(-c3ccc(-c4nc5c(S(=O)(=O)O)cc([N+](=O)[O-])cc5[nH]4)cc3)[nH]c2c1. The third kappa shape index (κ3) is 4.09. The summed E-state index contributed by atoms with van der Waals surface area (Å²) < 4.78 is 66.1. The number of aromatic nitrogens is 4. The Kier molecular flexibility index (Phi) is 5.18. The number of non-ortho nitro benzene ring substituents is 1. The van der Waals surface area contributed by atoms with Crippen LogP contribution in [0.5, 0.6) is 0 Å². The van der Waals surface area contributed by atoms with Crippen molar-refractivity contribution in [3.05, 3.63) is 64.2 Å². The Bertz CT molecular complexity index is 1920. The normalized spacial score (nSPS) is 12.4. The molecule has 0 unspecified atom stereocenters. The van der Waals surface area contributed by atoms with Crippen LogP contribution < -0.4 is 0 Å². The van der Waals surface area contributed by atoms with Gasteiger partial charge in [-0.1, -0.05) is 24.3 Å². The summed E-state index contributed by atoms with van der Waals surface area (Å²) in [7, 11) is -9.28. The zero-order valence-electron chi connectivity index (χ0n) is 18.1. The van der Waals surface area contributed by atoms with E-state index < -0.39 is 35.7 Å². The van der Waals surface area contributed by atoms with Crippen LogP contribution in [-0.2, 0) is 20.2 Å². The Morgan fingerprint density at radius 2 is 1.22 bits per heavy atom. The molecule has 184 valence electrons. The van der Waals surface area contributed by atoms with Crippen molar-refractivity contribution in [2.75, 3.05) is 0 Å². The molecule has 0 saturated heterocycles. The number of hydrogen-bond donors (Lipinski definition) is 4. The van der Waals surface area contributed by atoms with E-state index >= 15 is 0 Å². The zero-order valence-corrected chi connectivity index (χ0v) is 19.8. The fourth-order valence-corrected chi connectivity index (χ4v) is 5.26. The van der Waals surface area contributed by atoms with E-state index in [1.54, 1.807) is 37.3 Å². The Hall–Kier alpha value is -4.18. The number of nitro groups is 1. The molecule has 0 aliphatic rings. The minimum Gasteiger partial charge on any atom is -0.338 e. The minimum atomic E-state index is -4.79. The van der Waals surface area contributed by atoms with Gasteiger partial charge in [-0.2, -0.15) is 16.8 Å². The molecule has 0 aliphatic carbocycles. The molecule has 2 heterocycles. The molecule has 0 saturated carbocycles. The maximum atomic E-state index is 11.8. The molecule has 0 atom stereocenters. The van der Waals surface area contributed by atoms with E-state index in [2.05, 4.69) is 19.9 Å². The van der Waals surface area contributed by atoms with Gasteiger partial charge in [0.05, 0.1) is 16.0 Å². The van der Waals surface area contributed by atoms with Crippen LogP contribution in [0.1, 0.15) is 5.56 Å².